The van der Waals surface area contributed by atoms with E-state index in [0.29, 0.717) is 30.1 Å². The molecule has 3 rings (SSSR count). The number of rotatable bonds is 5. The average Bonchev–Trinajstić information content (AvgIpc) is 3.04. The Kier molecular flexibility index (Phi) is 4.05. The molecule has 0 bridgehead atoms. The van der Waals surface area contributed by atoms with Gasteiger partial charge in [-0.15, -0.1) is 0 Å². The molecule has 1 aliphatic carbocycles. The molecule has 4 heteroatoms. The second-order valence-electron chi connectivity index (χ2n) is 7.24. The van der Waals surface area contributed by atoms with Gasteiger partial charge in [0.25, 0.3) is 0 Å². The molecule has 2 fully saturated rings. The van der Waals surface area contributed by atoms with Gasteiger partial charge in [-0.3, -0.25) is 4.79 Å². The number of nitrogens with zero attached hydrogens (tertiary/aromatic N) is 3. The Balaban J connectivity index is 1.60. The predicted molar refractivity (Wildman–Crippen MR) is 83.1 cm³/mol. The van der Waals surface area contributed by atoms with Gasteiger partial charge in [0.05, 0.1) is 0 Å². The summed E-state index contributed by atoms with van der Waals surface area (Å²) in [5.74, 6) is 3.34. The first-order valence-corrected chi connectivity index (χ1v) is 8.34. The smallest absolute Gasteiger partial charge is 0.222 e. The molecule has 0 radical (unpaired) electrons. The molecule has 1 unspecified atom stereocenters. The highest BCUT2D eigenvalue weighted by Gasteiger charge is 2.31. The normalized spacial score (nSPS) is 22.3. The predicted octanol–water partition coefficient (Wildman–Crippen LogP) is 2.96. The van der Waals surface area contributed by atoms with E-state index in [-0.39, 0.29) is 0 Å². The van der Waals surface area contributed by atoms with E-state index < -0.39 is 0 Å². The summed E-state index contributed by atoms with van der Waals surface area (Å²) >= 11 is 0. The molecule has 0 N–H and O–H groups in total. The van der Waals surface area contributed by atoms with Gasteiger partial charge in [-0.25, -0.2) is 4.98 Å². The maximum Gasteiger partial charge on any atom is 0.222 e. The van der Waals surface area contributed by atoms with Crippen LogP contribution in [-0.4, -0.2) is 33.4 Å². The van der Waals surface area contributed by atoms with Gasteiger partial charge >= 0.3 is 0 Å². The van der Waals surface area contributed by atoms with Crippen LogP contribution in [0.15, 0.2) is 6.20 Å². The monoisotopic (exact) mass is 289 g/mol. The highest BCUT2D eigenvalue weighted by molar-refractivity contribution is 5.76. The third-order valence-electron chi connectivity index (χ3n) is 4.69. The molecule has 1 aromatic heterocycles. The van der Waals surface area contributed by atoms with E-state index in [1.807, 2.05) is 6.20 Å². The van der Waals surface area contributed by atoms with E-state index in [1.165, 1.54) is 24.4 Å². The third-order valence-corrected chi connectivity index (χ3v) is 4.69. The summed E-state index contributed by atoms with van der Waals surface area (Å²) in [4.78, 5) is 18.8. The molecule has 1 aliphatic heterocycles. The van der Waals surface area contributed by atoms with Crippen LogP contribution in [0.1, 0.15) is 57.0 Å². The first-order valence-electron chi connectivity index (χ1n) is 8.34. The van der Waals surface area contributed by atoms with E-state index in [4.69, 9.17) is 0 Å². The Morgan fingerprint density at radius 2 is 2.14 bits per heavy atom. The minimum Gasteiger partial charge on any atom is -0.342 e. The molecule has 4 nitrogen and oxygen atoms in total. The van der Waals surface area contributed by atoms with Gasteiger partial charge in [0.15, 0.2) is 0 Å². The van der Waals surface area contributed by atoms with E-state index in [9.17, 15) is 4.79 Å². The van der Waals surface area contributed by atoms with Crippen LogP contribution in [0.4, 0.5) is 0 Å². The fourth-order valence-corrected chi connectivity index (χ4v) is 3.33. The van der Waals surface area contributed by atoms with E-state index in [1.54, 1.807) is 0 Å². The number of carbonyl (C=O) groups excluding carboxylic acids is 1. The van der Waals surface area contributed by atoms with Crippen molar-refractivity contribution in [2.45, 2.75) is 58.9 Å². The van der Waals surface area contributed by atoms with Crippen molar-refractivity contribution in [1.82, 2.24) is 14.5 Å². The van der Waals surface area contributed by atoms with E-state index in [0.717, 1.165) is 26.1 Å². The Morgan fingerprint density at radius 1 is 1.38 bits per heavy atom. The quantitative estimate of drug-likeness (QED) is 0.836. The molecular weight excluding hydrogens is 262 g/mol. The Hall–Kier alpha value is -1.32. The van der Waals surface area contributed by atoms with Crippen molar-refractivity contribution in [2.24, 2.45) is 11.8 Å². The van der Waals surface area contributed by atoms with Gasteiger partial charge in [-0.1, -0.05) is 13.8 Å². The fourth-order valence-electron chi connectivity index (χ4n) is 3.33. The lowest BCUT2D eigenvalue weighted by Crippen LogP contribution is -2.30. The van der Waals surface area contributed by atoms with Crippen LogP contribution < -0.4 is 0 Å². The molecule has 1 atom stereocenters. The van der Waals surface area contributed by atoms with Crippen LogP contribution in [0.3, 0.4) is 0 Å². The van der Waals surface area contributed by atoms with Crippen LogP contribution in [-0.2, 0) is 11.3 Å². The van der Waals surface area contributed by atoms with Crippen LogP contribution in [0.25, 0.3) is 0 Å². The number of amides is 1. The van der Waals surface area contributed by atoms with Gasteiger partial charge < -0.3 is 9.47 Å². The lowest BCUT2D eigenvalue weighted by Gasteiger charge is -2.19. The highest BCUT2D eigenvalue weighted by Crippen LogP contribution is 2.40. The standard InChI is InChI=1S/C17H27N3O/c1-12(2)8-16(21)19-7-6-14(10-19)11-20-13(3)9-18-17(20)15-4-5-15/h9,12,14-15H,4-8,10-11H2,1-3H3. The van der Waals surface area contributed by atoms with E-state index in [2.05, 4.69) is 35.2 Å². The molecule has 21 heavy (non-hydrogen) atoms. The minimum absolute atomic E-state index is 0.331. The molecular formula is C17H27N3O. The summed E-state index contributed by atoms with van der Waals surface area (Å²) in [5.41, 5.74) is 1.27. The molecule has 1 aromatic rings. The van der Waals surface area contributed by atoms with Gasteiger partial charge in [0.1, 0.15) is 5.82 Å². The third kappa shape index (κ3) is 3.30. The maximum atomic E-state index is 12.2. The summed E-state index contributed by atoms with van der Waals surface area (Å²) in [5, 5.41) is 0. The highest BCUT2D eigenvalue weighted by atomic mass is 16.2. The molecule has 2 aliphatic rings. The molecule has 1 amide bonds. The summed E-state index contributed by atoms with van der Waals surface area (Å²) in [6, 6.07) is 0. The SMILES string of the molecule is Cc1cnc(C2CC2)n1CC1CCN(C(=O)CC(C)C)C1. The Morgan fingerprint density at radius 3 is 2.81 bits per heavy atom. The van der Waals surface area contributed by atoms with Crippen molar-refractivity contribution >= 4 is 5.91 Å². The topological polar surface area (TPSA) is 38.1 Å². The van der Waals surface area contributed by atoms with Gasteiger partial charge in [-0.2, -0.15) is 0 Å². The minimum atomic E-state index is 0.331. The van der Waals surface area contributed by atoms with Crippen LogP contribution in [0, 0.1) is 18.8 Å². The van der Waals surface area contributed by atoms with Crippen LogP contribution >= 0.6 is 0 Å². The zero-order valence-corrected chi connectivity index (χ0v) is 13.5. The lowest BCUT2D eigenvalue weighted by molar-refractivity contribution is -0.131. The number of hydrogen-bond acceptors (Lipinski definition) is 2. The summed E-state index contributed by atoms with van der Waals surface area (Å²) in [6.07, 6.45) is 6.40. The van der Waals surface area contributed by atoms with Crippen molar-refractivity contribution in [2.75, 3.05) is 13.1 Å². The number of likely N-dealkylation sites (tertiary alicyclic amines) is 1. The molecule has 1 saturated carbocycles. The molecule has 0 aromatic carbocycles. The first-order chi connectivity index (χ1) is 10.0. The van der Waals surface area contributed by atoms with E-state index >= 15 is 0 Å². The number of imidazole rings is 1. The fraction of sp³-hybridized carbons (Fsp3) is 0.765. The first kappa shape index (κ1) is 14.6. The number of aromatic nitrogens is 2. The average molecular weight is 289 g/mol. The number of carbonyl (C=O) groups is 1. The van der Waals surface area contributed by atoms with Crippen LogP contribution in [0.5, 0.6) is 0 Å². The summed E-state index contributed by atoms with van der Waals surface area (Å²) in [6.45, 7) is 9.26. The summed E-state index contributed by atoms with van der Waals surface area (Å²) < 4.78 is 2.40. The van der Waals surface area contributed by atoms with Crippen LogP contribution in [0.2, 0.25) is 0 Å². The van der Waals surface area contributed by atoms with Crippen molar-refractivity contribution in [1.29, 1.82) is 0 Å². The van der Waals surface area contributed by atoms with Crippen molar-refractivity contribution in [3.05, 3.63) is 17.7 Å². The Bertz CT molecular complexity index is 516. The van der Waals surface area contributed by atoms with Crippen molar-refractivity contribution < 1.29 is 4.79 Å². The number of hydrogen-bond donors (Lipinski definition) is 0. The molecule has 1 saturated heterocycles. The van der Waals surface area contributed by atoms with Crippen molar-refractivity contribution in [3.63, 3.8) is 0 Å². The van der Waals surface area contributed by atoms with Crippen molar-refractivity contribution in [3.8, 4) is 0 Å². The maximum absolute atomic E-state index is 12.2. The summed E-state index contributed by atoms with van der Waals surface area (Å²) in [7, 11) is 0. The lowest BCUT2D eigenvalue weighted by atomic mass is 10.1. The van der Waals surface area contributed by atoms with Gasteiger partial charge in [-0.05, 0) is 38.0 Å². The number of aryl methyl sites for hydroxylation is 1. The zero-order chi connectivity index (χ0) is 15.0. The molecule has 2 heterocycles. The Labute approximate surface area is 127 Å². The second-order valence-corrected chi connectivity index (χ2v) is 7.24. The van der Waals surface area contributed by atoms with Gasteiger partial charge in [0, 0.05) is 43.9 Å². The second kappa shape index (κ2) is 5.82. The van der Waals surface area contributed by atoms with Gasteiger partial charge in [0.2, 0.25) is 5.91 Å². The molecule has 0 spiro atoms. The largest absolute Gasteiger partial charge is 0.342 e. The molecule has 116 valence electrons. The zero-order valence-electron chi connectivity index (χ0n) is 13.5.